The minimum atomic E-state index is -3.87. The first-order valence-corrected chi connectivity index (χ1v) is 36.3. The van der Waals surface area contributed by atoms with Gasteiger partial charge in [0.2, 0.25) is 0 Å². The lowest BCUT2D eigenvalue weighted by molar-refractivity contribution is -0.268. The molecule has 0 amide bonds. The van der Waals surface area contributed by atoms with E-state index in [0.717, 1.165) is 0 Å². The molecule has 1 heterocycles. The van der Waals surface area contributed by atoms with Gasteiger partial charge in [0.05, 0.1) is 6.61 Å². The zero-order chi connectivity index (χ0) is 31.8. The second-order valence-electron chi connectivity index (χ2n) is 16.5. The predicted molar refractivity (Wildman–Crippen MR) is 180 cm³/mol. The number of ether oxygens (including phenoxy) is 1. The van der Waals surface area contributed by atoms with Crippen LogP contribution in [-0.2, 0) is 40.0 Å². The van der Waals surface area contributed by atoms with Crippen LogP contribution in [-0.4, -0.2) is 87.2 Å². The van der Waals surface area contributed by atoms with Crippen molar-refractivity contribution in [2.45, 2.75) is 149 Å². The first-order valence-electron chi connectivity index (χ1n) is 14.4. The van der Waals surface area contributed by atoms with E-state index in [9.17, 15) is 4.57 Å². The van der Waals surface area contributed by atoms with E-state index in [-0.39, 0.29) is 6.61 Å². The average Bonchev–Trinajstić information content (AvgIpc) is 2.57. The van der Waals surface area contributed by atoms with Crippen molar-refractivity contribution in [1.82, 2.24) is 0 Å². The van der Waals surface area contributed by atoms with Crippen LogP contribution in [0.3, 0.4) is 0 Å². The maximum Gasteiger partial charge on any atom is 0.455 e. The zero-order valence-electron chi connectivity index (χ0n) is 28.7. The quantitative estimate of drug-likeness (QED) is 0.125. The maximum absolute atomic E-state index is 14.0. The Labute approximate surface area is 252 Å². The summed E-state index contributed by atoms with van der Waals surface area (Å²) in [5.41, 5.74) is 0. The van der Waals surface area contributed by atoms with Crippen LogP contribution < -0.4 is 0 Å². The van der Waals surface area contributed by atoms with Crippen molar-refractivity contribution >= 4 is 57.7 Å². The van der Waals surface area contributed by atoms with Crippen LogP contribution >= 0.6 is 7.82 Å². The van der Waals surface area contributed by atoms with Gasteiger partial charge in [0.25, 0.3) is 0 Å². The molecule has 0 aliphatic carbocycles. The molecule has 0 aromatic heterocycles. The van der Waals surface area contributed by atoms with Crippen molar-refractivity contribution in [3.05, 3.63) is 0 Å². The Morgan fingerprint density at radius 2 is 0.850 bits per heavy atom. The monoisotopic (exact) mass is 692 g/mol. The smallest absolute Gasteiger partial charge is 0.409 e. The molecule has 0 saturated carbocycles. The van der Waals surface area contributed by atoms with Crippen molar-refractivity contribution in [3.8, 4) is 0 Å². The normalized spacial score (nSPS) is 26.3. The van der Waals surface area contributed by atoms with Crippen molar-refractivity contribution < 1.29 is 40.0 Å². The van der Waals surface area contributed by atoms with Gasteiger partial charge < -0.3 is 30.9 Å². The molecular formula is C24H61O9PSi6. The van der Waals surface area contributed by atoms with Gasteiger partial charge in [-0.3, -0.25) is 4.52 Å². The van der Waals surface area contributed by atoms with Crippen molar-refractivity contribution in [3.63, 3.8) is 0 Å². The molecule has 1 fully saturated rings. The Morgan fingerprint density at radius 1 is 0.500 bits per heavy atom. The van der Waals surface area contributed by atoms with Gasteiger partial charge in [-0.2, -0.15) is 0 Å². The topological polar surface area (TPSA) is 90.9 Å². The highest BCUT2D eigenvalue weighted by Crippen LogP contribution is 2.54. The molecule has 9 nitrogen and oxygen atoms in total. The predicted octanol–water partition coefficient (Wildman–Crippen LogP) is 8.05. The minimum Gasteiger partial charge on any atom is -0.409 e. The third-order valence-corrected chi connectivity index (χ3v) is 15.2. The fraction of sp³-hybridized carbons (Fsp3) is 1.00. The second kappa shape index (κ2) is 13.7. The Bertz CT molecular complexity index is 834. The highest BCUT2D eigenvalue weighted by Gasteiger charge is 2.53. The average molecular weight is 693 g/mol. The third kappa shape index (κ3) is 16.3. The molecule has 1 unspecified atom stereocenters. The molecule has 0 aromatic carbocycles. The molecule has 0 aromatic rings. The Morgan fingerprint density at radius 3 is 1.20 bits per heavy atom. The van der Waals surface area contributed by atoms with Gasteiger partial charge in [-0.05, 0) is 118 Å². The van der Waals surface area contributed by atoms with Crippen LogP contribution in [0.1, 0.15) is 0 Å². The molecule has 16 heteroatoms. The Kier molecular flexibility index (Phi) is 13.4. The molecule has 5 atom stereocenters. The van der Waals surface area contributed by atoms with Gasteiger partial charge in [0.1, 0.15) is 24.4 Å². The minimum absolute atomic E-state index is 0.0435. The lowest BCUT2D eigenvalue weighted by Gasteiger charge is -2.51. The summed E-state index contributed by atoms with van der Waals surface area (Å²) < 4.78 is 66.0. The van der Waals surface area contributed by atoms with Crippen LogP contribution in [0.15, 0.2) is 0 Å². The van der Waals surface area contributed by atoms with Crippen LogP contribution in [0.2, 0.25) is 118 Å². The molecule has 0 N–H and O–H groups in total. The number of rotatable bonds is 15. The van der Waals surface area contributed by atoms with E-state index in [4.69, 9.17) is 35.4 Å². The molecule has 1 aliphatic rings. The largest absolute Gasteiger partial charge is 0.455 e. The number of phosphoric acid groups is 1. The molecule has 40 heavy (non-hydrogen) atoms. The van der Waals surface area contributed by atoms with Gasteiger partial charge in [0.15, 0.2) is 56.2 Å². The first-order chi connectivity index (χ1) is 17.4. The zero-order valence-corrected chi connectivity index (χ0v) is 35.6. The van der Waals surface area contributed by atoms with Gasteiger partial charge in [-0.1, -0.05) is 0 Å². The summed E-state index contributed by atoms with van der Waals surface area (Å²) in [6.45, 7) is 37.6. The summed E-state index contributed by atoms with van der Waals surface area (Å²) >= 11 is 0. The van der Waals surface area contributed by atoms with E-state index in [2.05, 4.69) is 78.6 Å². The van der Waals surface area contributed by atoms with E-state index >= 15 is 0 Å². The van der Waals surface area contributed by atoms with E-state index in [1.165, 1.54) is 0 Å². The molecule has 0 bridgehead atoms. The molecule has 240 valence electrons. The van der Waals surface area contributed by atoms with E-state index in [1.54, 1.807) is 0 Å². The maximum atomic E-state index is 14.0. The van der Waals surface area contributed by atoms with Gasteiger partial charge in [-0.25, -0.2) is 4.57 Å². The molecule has 1 rings (SSSR count). The summed E-state index contributed by atoms with van der Waals surface area (Å²) in [4.78, 5) is 0. The van der Waals surface area contributed by atoms with Crippen molar-refractivity contribution in [2.24, 2.45) is 0 Å². The first kappa shape index (κ1) is 39.2. The molecule has 1 saturated heterocycles. The van der Waals surface area contributed by atoms with Crippen LogP contribution in [0.5, 0.6) is 0 Å². The summed E-state index contributed by atoms with van der Waals surface area (Å²) in [7, 11) is -16.7. The summed E-state index contributed by atoms with van der Waals surface area (Å²) in [6, 6.07) is 0. The lowest BCUT2D eigenvalue weighted by atomic mass is 9.99. The Hall–Kier alpha value is 1.21. The summed E-state index contributed by atoms with van der Waals surface area (Å²) in [5, 5.41) is 0. The van der Waals surface area contributed by atoms with E-state index in [1.807, 2.05) is 39.3 Å². The van der Waals surface area contributed by atoms with Crippen LogP contribution in [0, 0.1) is 0 Å². The van der Waals surface area contributed by atoms with Gasteiger partial charge >= 0.3 is 7.82 Å². The third-order valence-electron chi connectivity index (χ3n) is 4.70. The highest BCUT2D eigenvalue weighted by atomic mass is 31.2. The fourth-order valence-electron chi connectivity index (χ4n) is 3.99. The van der Waals surface area contributed by atoms with E-state index < -0.39 is 88.4 Å². The second-order valence-corrected chi connectivity index (χ2v) is 45.4. The molecule has 1 aliphatic heterocycles. The lowest BCUT2D eigenvalue weighted by Crippen LogP contribution is -2.67. The fourth-order valence-corrected chi connectivity index (χ4v) is 14.7. The van der Waals surface area contributed by atoms with Crippen molar-refractivity contribution in [1.29, 1.82) is 0 Å². The number of hydrogen-bond donors (Lipinski definition) is 0. The van der Waals surface area contributed by atoms with E-state index in [0.29, 0.717) is 0 Å². The summed E-state index contributed by atoms with van der Waals surface area (Å²) in [5.74, 6) is 0. The van der Waals surface area contributed by atoms with Crippen molar-refractivity contribution in [2.75, 3.05) is 6.61 Å². The summed E-state index contributed by atoms with van der Waals surface area (Å²) in [6.07, 6.45) is -2.71. The number of hydrogen-bond acceptors (Lipinski definition) is 9. The van der Waals surface area contributed by atoms with Crippen LogP contribution in [0.25, 0.3) is 0 Å². The van der Waals surface area contributed by atoms with Crippen LogP contribution in [0.4, 0.5) is 0 Å². The molecule has 0 radical (unpaired) electrons. The Balaban J connectivity index is 3.64. The SMILES string of the molecule is C[Si](C)(C)OC1O[C@H](COP(=O)(O[Si](C)(C)C)O[Si](C)(C)C)[C@@H](O[Si](C)(C)C)[C@H](O[Si](C)(C)C)[C@H]1O[Si](C)(C)C. The molecular weight excluding hydrogens is 632 g/mol. The molecule has 0 spiro atoms. The van der Waals surface area contributed by atoms with Gasteiger partial charge in [0, 0.05) is 0 Å². The highest BCUT2D eigenvalue weighted by molar-refractivity contribution is 7.52. The standard InChI is InChI=1S/C24H61O9PSi6/c1-35(2,3)28-21-20(19-26-34(25,32-39(13,14)15)33-40(16,17)18)27-24(31-38(10,11)12)23(30-37(7,8)9)22(21)29-36(4,5)6/h20-24H,19H2,1-18H3/t20-,21-,22+,23-,24?/m1/s1. The van der Waals surface area contributed by atoms with Gasteiger partial charge in [-0.15, -0.1) is 0 Å².